The summed E-state index contributed by atoms with van der Waals surface area (Å²) in [6, 6.07) is 10.2. The van der Waals surface area contributed by atoms with Crippen LogP contribution in [0.3, 0.4) is 0 Å². The molecule has 4 aromatic rings. The van der Waals surface area contributed by atoms with E-state index >= 15 is 0 Å². The van der Waals surface area contributed by atoms with E-state index in [1.165, 1.54) is 12.1 Å². The number of hydrogen-bond donors (Lipinski definition) is 1. The van der Waals surface area contributed by atoms with Gasteiger partial charge in [0.1, 0.15) is 17.8 Å². The van der Waals surface area contributed by atoms with Gasteiger partial charge in [-0.2, -0.15) is 5.10 Å². The Morgan fingerprint density at radius 3 is 2.86 bits per heavy atom. The zero-order valence-corrected chi connectivity index (χ0v) is 19.6. The molecule has 2 aromatic heterocycles. The summed E-state index contributed by atoms with van der Waals surface area (Å²) in [6.45, 7) is 3.21. The highest BCUT2D eigenvalue weighted by atomic mass is 19.1. The van der Waals surface area contributed by atoms with Crippen LogP contribution in [-0.4, -0.2) is 51.2 Å². The highest BCUT2D eigenvalue weighted by molar-refractivity contribution is 5.82. The Bertz CT molecular complexity index is 1310. The van der Waals surface area contributed by atoms with E-state index in [1.807, 2.05) is 40.9 Å². The topological polar surface area (TPSA) is 85.5 Å². The van der Waals surface area contributed by atoms with Crippen molar-refractivity contribution in [3.8, 4) is 17.0 Å². The van der Waals surface area contributed by atoms with E-state index in [0.717, 1.165) is 42.6 Å². The normalized spacial score (nSPS) is 15.9. The van der Waals surface area contributed by atoms with Gasteiger partial charge in [-0.3, -0.25) is 4.98 Å². The van der Waals surface area contributed by atoms with E-state index < -0.39 is 5.82 Å². The third kappa shape index (κ3) is 5.11. The predicted molar refractivity (Wildman–Crippen MR) is 131 cm³/mol. The molecule has 0 bridgehead atoms. The quantitative estimate of drug-likeness (QED) is 0.388. The van der Waals surface area contributed by atoms with Crippen LogP contribution in [0.4, 0.5) is 15.8 Å². The lowest BCUT2D eigenvalue weighted by atomic mass is 10.2. The summed E-state index contributed by atoms with van der Waals surface area (Å²) in [7, 11) is 0. The first-order chi connectivity index (χ1) is 17.1. The van der Waals surface area contributed by atoms with Crippen molar-refractivity contribution in [1.29, 1.82) is 0 Å². The third-order valence-corrected chi connectivity index (χ3v) is 5.99. The lowest BCUT2D eigenvalue weighted by Gasteiger charge is -2.25. The fraction of sp³-hybridized carbons (Fsp3) is 0.346. The van der Waals surface area contributed by atoms with E-state index in [-0.39, 0.29) is 19.4 Å². The Hall–Kier alpha value is -3.56. The van der Waals surface area contributed by atoms with Gasteiger partial charge in [-0.05, 0) is 50.5 Å². The molecule has 1 N–H and O–H groups in total. The number of fused-ring (bicyclic) bond motifs is 1. The van der Waals surface area contributed by atoms with E-state index in [0.29, 0.717) is 29.3 Å². The van der Waals surface area contributed by atoms with Crippen LogP contribution in [0.1, 0.15) is 32.4 Å². The van der Waals surface area contributed by atoms with Crippen molar-refractivity contribution in [3.63, 3.8) is 0 Å². The molecule has 1 atom stereocenters. The zero-order chi connectivity index (χ0) is 24.2. The molecule has 0 aliphatic carbocycles. The van der Waals surface area contributed by atoms with Crippen molar-refractivity contribution >= 4 is 22.4 Å². The van der Waals surface area contributed by atoms with Crippen molar-refractivity contribution in [2.45, 2.75) is 32.4 Å². The van der Waals surface area contributed by atoms with Crippen LogP contribution in [0, 0.1) is 5.82 Å². The second-order valence-electron chi connectivity index (χ2n) is 8.41. The maximum absolute atomic E-state index is 14.3. The van der Waals surface area contributed by atoms with Crippen molar-refractivity contribution in [2.24, 2.45) is 0 Å². The third-order valence-electron chi connectivity index (χ3n) is 5.99. The first-order valence-electron chi connectivity index (χ1n) is 11.9. The number of benzene rings is 2. The summed E-state index contributed by atoms with van der Waals surface area (Å²) in [5.74, 6) is 0.0305. The van der Waals surface area contributed by atoms with Crippen LogP contribution in [0.15, 0.2) is 55.0 Å². The molecule has 1 aliphatic rings. The second-order valence-corrected chi connectivity index (χ2v) is 8.41. The van der Waals surface area contributed by atoms with Crippen molar-refractivity contribution in [1.82, 2.24) is 19.7 Å². The number of aliphatic hydroxyl groups excluding tert-OH is 1. The number of anilines is 2. The van der Waals surface area contributed by atoms with Gasteiger partial charge in [-0.1, -0.05) is 0 Å². The van der Waals surface area contributed by atoms with Crippen molar-refractivity contribution < 1.29 is 19.0 Å². The maximum atomic E-state index is 14.3. The Labute approximate surface area is 202 Å². The molecule has 5 rings (SSSR count). The zero-order valence-electron chi connectivity index (χ0n) is 19.6. The number of aliphatic hydroxyl groups is 1. The molecular weight excluding hydrogens is 449 g/mol. The number of rotatable bonds is 8. The molecule has 0 spiro atoms. The lowest BCUT2D eigenvalue weighted by molar-refractivity contribution is -0.0394. The summed E-state index contributed by atoms with van der Waals surface area (Å²) >= 11 is 0. The van der Waals surface area contributed by atoms with E-state index in [9.17, 15) is 9.50 Å². The number of halogens is 1. The lowest BCUT2D eigenvalue weighted by Crippen LogP contribution is -2.21. The molecule has 3 heterocycles. The van der Waals surface area contributed by atoms with Gasteiger partial charge in [-0.15, -0.1) is 0 Å². The van der Waals surface area contributed by atoms with Gasteiger partial charge in [0, 0.05) is 48.4 Å². The average Bonchev–Trinajstić information content (AvgIpc) is 3.37. The molecule has 0 saturated carbocycles. The van der Waals surface area contributed by atoms with Gasteiger partial charge in [0.2, 0.25) is 0 Å². The molecule has 8 nitrogen and oxygen atoms in total. The molecule has 2 aromatic carbocycles. The van der Waals surface area contributed by atoms with Crippen LogP contribution < -0.4 is 9.64 Å². The number of nitrogens with zero attached hydrogens (tertiary/aromatic N) is 5. The van der Waals surface area contributed by atoms with Crippen LogP contribution >= 0.6 is 0 Å². The molecule has 1 fully saturated rings. The molecule has 35 heavy (non-hydrogen) atoms. The highest BCUT2D eigenvalue weighted by Crippen LogP contribution is 2.32. The first kappa shape index (κ1) is 23.2. The molecule has 1 aliphatic heterocycles. The van der Waals surface area contributed by atoms with Gasteiger partial charge in [0.05, 0.1) is 42.3 Å². The van der Waals surface area contributed by atoms with E-state index in [4.69, 9.17) is 14.5 Å². The summed E-state index contributed by atoms with van der Waals surface area (Å²) in [6.07, 6.45) is 8.56. The largest absolute Gasteiger partial charge is 0.494 e. The van der Waals surface area contributed by atoms with Gasteiger partial charge in [-0.25, -0.2) is 14.1 Å². The summed E-state index contributed by atoms with van der Waals surface area (Å²) < 4.78 is 27.5. The smallest absolute Gasteiger partial charge is 0.150 e. The molecule has 1 saturated heterocycles. The number of ether oxygens (including phenoxy) is 2. The molecule has 9 heteroatoms. The minimum absolute atomic E-state index is 0.0441. The maximum Gasteiger partial charge on any atom is 0.150 e. The van der Waals surface area contributed by atoms with Crippen molar-refractivity contribution in [2.75, 3.05) is 31.3 Å². The fourth-order valence-corrected chi connectivity index (χ4v) is 4.33. The Morgan fingerprint density at radius 2 is 2.06 bits per heavy atom. The Morgan fingerprint density at radius 1 is 1.14 bits per heavy atom. The fourth-order valence-electron chi connectivity index (χ4n) is 4.33. The molecule has 0 radical (unpaired) electrons. The monoisotopic (exact) mass is 477 g/mol. The number of aromatic nitrogens is 4. The summed E-state index contributed by atoms with van der Waals surface area (Å²) in [5.41, 5.74) is 4.33. The Balaban J connectivity index is 1.48. The minimum atomic E-state index is -0.407. The van der Waals surface area contributed by atoms with Crippen LogP contribution in [-0.2, 0) is 4.74 Å². The SMILES string of the molecule is CCOc1cc(F)cc(N(CCO)c2ccc3ncc(-c4cnn(C5CCCCO5)c4)nc3c2)c1. The van der Waals surface area contributed by atoms with Gasteiger partial charge >= 0.3 is 0 Å². The molecule has 1 unspecified atom stereocenters. The second kappa shape index (κ2) is 10.4. The Kier molecular flexibility index (Phi) is 6.87. The van der Waals surface area contributed by atoms with Crippen LogP contribution in [0.2, 0.25) is 0 Å². The first-order valence-corrected chi connectivity index (χ1v) is 11.9. The predicted octanol–water partition coefficient (Wildman–Crippen LogP) is 4.86. The van der Waals surface area contributed by atoms with Gasteiger partial charge < -0.3 is 19.5 Å². The standard InChI is InChI=1S/C26H28FN5O3/c1-2-34-22-12-19(27)11-21(13-22)31(8-9-33)20-6-7-23-24(14-20)30-25(16-28-23)18-15-29-32(17-18)26-5-3-4-10-35-26/h6-7,11-17,26,33H,2-5,8-10H2,1H3. The molecule has 182 valence electrons. The van der Waals surface area contributed by atoms with E-state index in [1.54, 1.807) is 18.5 Å². The van der Waals surface area contributed by atoms with Gasteiger partial charge in [0.15, 0.2) is 0 Å². The summed E-state index contributed by atoms with van der Waals surface area (Å²) in [4.78, 5) is 11.2. The minimum Gasteiger partial charge on any atom is -0.494 e. The highest BCUT2D eigenvalue weighted by Gasteiger charge is 2.18. The van der Waals surface area contributed by atoms with Crippen LogP contribution in [0.5, 0.6) is 5.75 Å². The molecule has 0 amide bonds. The number of hydrogen-bond acceptors (Lipinski definition) is 7. The summed E-state index contributed by atoms with van der Waals surface area (Å²) in [5, 5.41) is 14.2. The van der Waals surface area contributed by atoms with Crippen molar-refractivity contribution in [3.05, 3.63) is 60.8 Å². The van der Waals surface area contributed by atoms with Gasteiger partial charge in [0.25, 0.3) is 0 Å². The van der Waals surface area contributed by atoms with E-state index in [2.05, 4.69) is 10.1 Å². The average molecular weight is 478 g/mol. The molecular formula is C26H28FN5O3. The van der Waals surface area contributed by atoms with Crippen LogP contribution in [0.25, 0.3) is 22.3 Å².